The molecule has 5 heteroatoms. The Bertz CT molecular complexity index is 443. The van der Waals surface area contributed by atoms with Crippen molar-refractivity contribution in [2.45, 2.75) is 32.7 Å². The number of aryl methyl sites for hydroxylation is 1. The van der Waals surface area contributed by atoms with Gasteiger partial charge in [0.25, 0.3) is 0 Å². The molecule has 0 aromatic heterocycles. The molecule has 5 nitrogen and oxygen atoms in total. The minimum absolute atomic E-state index is 0.141. The van der Waals surface area contributed by atoms with Crippen LogP contribution in [0, 0.1) is 5.92 Å². The van der Waals surface area contributed by atoms with Crippen LogP contribution in [0.1, 0.15) is 25.8 Å². The molecule has 0 bridgehead atoms. The highest BCUT2D eigenvalue weighted by Crippen LogP contribution is 2.08. The first kappa shape index (κ1) is 15.0. The minimum atomic E-state index is -0.911. The molecular formula is C14H20N2O3. The van der Waals surface area contributed by atoms with Crippen molar-refractivity contribution in [3.05, 3.63) is 29.8 Å². The fraction of sp³-hybridized carbons (Fsp3) is 0.429. The fourth-order valence-corrected chi connectivity index (χ4v) is 1.61. The Morgan fingerprint density at radius 1 is 1.26 bits per heavy atom. The van der Waals surface area contributed by atoms with E-state index in [4.69, 9.17) is 10.8 Å². The third-order valence-corrected chi connectivity index (χ3v) is 3.15. The van der Waals surface area contributed by atoms with Crippen LogP contribution in [0.4, 0.5) is 5.69 Å². The molecule has 0 saturated carbocycles. The number of hydrogen-bond acceptors (Lipinski definition) is 3. The number of nitrogen functional groups attached to an aromatic ring is 1. The van der Waals surface area contributed by atoms with Crippen molar-refractivity contribution in [2.24, 2.45) is 5.92 Å². The fourth-order valence-electron chi connectivity index (χ4n) is 1.61. The first-order valence-electron chi connectivity index (χ1n) is 6.26. The van der Waals surface area contributed by atoms with Crippen molar-refractivity contribution in [2.75, 3.05) is 5.73 Å². The number of hydrogen-bond donors (Lipinski definition) is 3. The van der Waals surface area contributed by atoms with Crippen LogP contribution in [-0.2, 0) is 16.0 Å². The van der Waals surface area contributed by atoms with Crippen molar-refractivity contribution in [1.29, 1.82) is 0 Å². The quantitative estimate of drug-likeness (QED) is 0.678. The molecule has 1 rings (SSSR count). The van der Waals surface area contributed by atoms with E-state index in [1.54, 1.807) is 26.0 Å². The number of amides is 1. The third-order valence-electron chi connectivity index (χ3n) is 3.15. The van der Waals surface area contributed by atoms with E-state index in [9.17, 15) is 9.59 Å². The van der Waals surface area contributed by atoms with Gasteiger partial charge in [0.15, 0.2) is 0 Å². The van der Waals surface area contributed by atoms with Crippen LogP contribution < -0.4 is 11.1 Å². The van der Waals surface area contributed by atoms with Crippen molar-refractivity contribution in [3.8, 4) is 0 Å². The summed E-state index contributed by atoms with van der Waals surface area (Å²) in [6, 6.07) is 6.97. The van der Waals surface area contributed by atoms with Crippen molar-refractivity contribution in [1.82, 2.24) is 5.32 Å². The SMILES string of the molecule is CC(NC(=O)CCc1ccc(N)cc1)C(C)C(=O)O. The molecule has 0 saturated heterocycles. The molecule has 0 radical (unpaired) electrons. The molecular weight excluding hydrogens is 244 g/mol. The van der Waals surface area contributed by atoms with Gasteiger partial charge in [-0.15, -0.1) is 0 Å². The average Bonchev–Trinajstić information content (AvgIpc) is 2.37. The summed E-state index contributed by atoms with van der Waals surface area (Å²) in [5.74, 6) is -1.65. The molecule has 0 aliphatic heterocycles. The van der Waals surface area contributed by atoms with Gasteiger partial charge in [-0.25, -0.2) is 0 Å². The summed E-state index contributed by atoms with van der Waals surface area (Å²) in [7, 11) is 0. The van der Waals surface area contributed by atoms with Crippen LogP contribution in [0.5, 0.6) is 0 Å². The monoisotopic (exact) mass is 264 g/mol. The Balaban J connectivity index is 2.39. The maximum Gasteiger partial charge on any atom is 0.308 e. The predicted molar refractivity (Wildman–Crippen MR) is 73.6 cm³/mol. The number of nitrogens with one attached hydrogen (secondary N) is 1. The van der Waals surface area contributed by atoms with Gasteiger partial charge in [-0.3, -0.25) is 9.59 Å². The van der Waals surface area contributed by atoms with E-state index in [0.717, 1.165) is 5.56 Å². The zero-order valence-electron chi connectivity index (χ0n) is 11.2. The number of aliphatic carboxylic acids is 1. The summed E-state index contributed by atoms with van der Waals surface area (Å²) in [5.41, 5.74) is 7.30. The second-order valence-corrected chi connectivity index (χ2v) is 4.72. The summed E-state index contributed by atoms with van der Waals surface area (Å²) in [6.45, 7) is 3.27. The molecule has 1 amide bonds. The largest absolute Gasteiger partial charge is 0.481 e. The zero-order valence-corrected chi connectivity index (χ0v) is 11.2. The van der Waals surface area contributed by atoms with Crippen LogP contribution in [0.15, 0.2) is 24.3 Å². The molecule has 0 aliphatic rings. The first-order chi connectivity index (χ1) is 8.90. The van der Waals surface area contributed by atoms with Gasteiger partial charge in [-0.05, 0) is 38.0 Å². The van der Waals surface area contributed by atoms with Gasteiger partial charge in [0.1, 0.15) is 0 Å². The maximum absolute atomic E-state index is 11.7. The number of rotatable bonds is 6. The molecule has 104 valence electrons. The Morgan fingerprint density at radius 2 is 1.84 bits per heavy atom. The lowest BCUT2D eigenvalue weighted by atomic mass is 10.0. The van der Waals surface area contributed by atoms with Gasteiger partial charge < -0.3 is 16.2 Å². The first-order valence-corrected chi connectivity index (χ1v) is 6.26. The highest BCUT2D eigenvalue weighted by atomic mass is 16.4. The number of carboxylic acids is 1. The van der Waals surface area contributed by atoms with Gasteiger partial charge in [0.2, 0.25) is 5.91 Å². The molecule has 1 aromatic carbocycles. The van der Waals surface area contributed by atoms with Crippen LogP contribution in [0.25, 0.3) is 0 Å². The highest BCUT2D eigenvalue weighted by molar-refractivity contribution is 5.78. The topological polar surface area (TPSA) is 92.4 Å². The third kappa shape index (κ3) is 4.99. The smallest absolute Gasteiger partial charge is 0.308 e. The summed E-state index contributed by atoms with van der Waals surface area (Å²) < 4.78 is 0. The zero-order chi connectivity index (χ0) is 14.4. The van der Waals surface area contributed by atoms with E-state index in [1.165, 1.54) is 0 Å². The maximum atomic E-state index is 11.7. The number of benzene rings is 1. The molecule has 2 unspecified atom stereocenters. The standard InChI is InChI=1S/C14H20N2O3/c1-9(14(18)19)10(2)16-13(17)8-5-11-3-6-12(15)7-4-11/h3-4,6-7,9-10H,5,8,15H2,1-2H3,(H,16,17)(H,18,19). The number of carbonyl (C=O) groups excluding carboxylic acids is 1. The number of nitrogens with two attached hydrogens (primary N) is 1. The number of carboxylic acid groups (broad SMARTS) is 1. The van der Waals surface area contributed by atoms with Crippen LogP contribution >= 0.6 is 0 Å². The lowest BCUT2D eigenvalue weighted by Crippen LogP contribution is -2.40. The van der Waals surface area contributed by atoms with Crippen molar-refractivity contribution >= 4 is 17.6 Å². The van der Waals surface area contributed by atoms with Gasteiger partial charge >= 0.3 is 5.97 Å². The molecule has 1 aromatic rings. The predicted octanol–water partition coefficient (Wildman–Crippen LogP) is 1.43. The highest BCUT2D eigenvalue weighted by Gasteiger charge is 2.20. The van der Waals surface area contributed by atoms with E-state index in [1.807, 2.05) is 12.1 Å². The number of carbonyl (C=O) groups is 2. The van der Waals surface area contributed by atoms with Crippen LogP contribution in [-0.4, -0.2) is 23.0 Å². The van der Waals surface area contributed by atoms with Gasteiger partial charge in [0.05, 0.1) is 5.92 Å². The van der Waals surface area contributed by atoms with Crippen LogP contribution in [0.3, 0.4) is 0 Å². The van der Waals surface area contributed by atoms with Gasteiger partial charge in [-0.2, -0.15) is 0 Å². The van der Waals surface area contributed by atoms with E-state index < -0.39 is 11.9 Å². The Morgan fingerprint density at radius 3 is 2.37 bits per heavy atom. The lowest BCUT2D eigenvalue weighted by Gasteiger charge is -2.17. The van der Waals surface area contributed by atoms with E-state index in [2.05, 4.69) is 5.32 Å². The summed E-state index contributed by atoms with van der Waals surface area (Å²) in [6.07, 6.45) is 0.945. The van der Waals surface area contributed by atoms with E-state index >= 15 is 0 Å². The van der Waals surface area contributed by atoms with Crippen molar-refractivity contribution in [3.63, 3.8) is 0 Å². The number of anilines is 1. The second kappa shape index (κ2) is 6.78. The Labute approximate surface area is 112 Å². The molecule has 2 atom stereocenters. The van der Waals surface area contributed by atoms with E-state index in [-0.39, 0.29) is 11.9 Å². The van der Waals surface area contributed by atoms with Gasteiger partial charge in [0, 0.05) is 18.2 Å². The second-order valence-electron chi connectivity index (χ2n) is 4.72. The molecule has 19 heavy (non-hydrogen) atoms. The lowest BCUT2D eigenvalue weighted by molar-refractivity contribution is -0.142. The molecule has 0 heterocycles. The Hall–Kier alpha value is -2.04. The Kier molecular flexibility index (Phi) is 5.36. The molecule has 0 fully saturated rings. The molecule has 0 aliphatic carbocycles. The summed E-state index contributed by atoms with van der Waals surface area (Å²) in [4.78, 5) is 22.5. The van der Waals surface area contributed by atoms with Gasteiger partial charge in [-0.1, -0.05) is 12.1 Å². The van der Waals surface area contributed by atoms with Crippen molar-refractivity contribution < 1.29 is 14.7 Å². The summed E-state index contributed by atoms with van der Waals surface area (Å²) >= 11 is 0. The minimum Gasteiger partial charge on any atom is -0.481 e. The van der Waals surface area contributed by atoms with Crippen LogP contribution in [0.2, 0.25) is 0 Å². The summed E-state index contributed by atoms with van der Waals surface area (Å²) in [5, 5.41) is 11.5. The normalized spacial score (nSPS) is 13.6. The molecule has 4 N–H and O–H groups in total. The average molecular weight is 264 g/mol. The van der Waals surface area contributed by atoms with E-state index in [0.29, 0.717) is 18.5 Å². The molecule has 0 spiro atoms.